The van der Waals surface area contributed by atoms with Gasteiger partial charge in [0.05, 0.1) is 0 Å². The first-order valence-electron chi connectivity index (χ1n) is 7.51. The highest BCUT2D eigenvalue weighted by Gasteiger charge is 2.36. The smallest absolute Gasteiger partial charge is 0.433 e. The second-order valence-electron chi connectivity index (χ2n) is 6.44. The molecule has 9 nitrogen and oxygen atoms in total. The van der Waals surface area contributed by atoms with E-state index < -0.39 is 35.8 Å². The summed E-state index contributed by atoms with van der Waals surface area (Å²) in [4.78, 5) is 52.9. The second-order valence-corrected chi connectivity index (χ2v) is 6.44. The molecule has 4 amide bonds. The van der Waals surface area contributed by atoms with Crippen molar-refractivity contribution in [1.82, 2.24) is 15.3 Å². The number of likely N-dealkylation sites (tertiary alicyclic amines) is 1. The summed E-state index contributed by atoms with van der Waals surface area (Å²) in [6.45, 7) is 5.70. The zero-order chi connectivity index (χ0) is 17.2. The molecule has 2 aliphatic heterocycles. The van der Waals surface area contributed by atoms with Crippen molar-refractivity contribution in [3.63, 3.8) is 0 Å². The van der Waals surface area contributed by atoms with E-state index in [9.17, 15) is 19.2 Å². The molecule has 9 heteroatoms. The molecule has 0 aromatic carbocycles. The number of hydroxylamine groups is 2. The van der Waals surface area contributed by atoms with Gasteiger partial charge in [-0.3, -0.25) is 19.8 Å². The van der Waals surface area contributed by atoms with Crippen molar-refractivity contribution >= 4 is 24.0 Å². The van der Waals surface area contributed by atoms with E-state index in [0.29, 0.717) is 24.4 Å². The standard InChI is InChI=1S/C14H21N3O6/c1-14(2,3)22-13(21)16-8-4-5-9(16)15-12(20)23-17-10(18)6-7-11(17)19/h9H,4-8H2,1-3H3,(H,15,20)/t9-/m1/s1. The maximum atomic E-state index is 12.1. The van der Waals surface area contributed by atoms with E-state index in [0.717, 1.165) is 0 Å². The minimum Gasteiger partial charge on any atom is -0.444 e. The Morgan fingerprint density at radius 3 is 2.35 bits per heavy atom. The van der Waals surface area contributed by atoms with E-state index in [1.165, 1.54) is 4.90 Å². The van der Waals surface area contributed by atoms with Gasteiger partial charge < -0.3 is 9.57 Å². The first kappa shape index (κ1) is 17.0. The van der Waals surface area contributed by atoms with Gasteiger partial charge in [0.1, 0.15) is 11.8 Å². The van der Waals surface area contributed by atoms with Crippen molar-refractivity contribution in [2.24, 2.45) is 0 Å². The Balaban J connectivity index is 1.90. The Morgan fingerprint density at radius 2 is 1.78 bits per heavy atom. The molecule has 23 heavy (non-hydrogen) atoms. The molecule has 2 saturated heterocycles. The Bertz CT molecular complexity index is 511. The zero-order valence-electron chi connectivity index (χ0n) is 13.5. The van der Waals surface area contributed by atoms with E-state index in [4.69, 9.17) is 9.57 Å². The number of carbonyl (C=O) groups excluding carboxylic acids is 4. The highest BCUT2D eigenvalue weighted by Crippen LogP contribution is 2.19. The number of amides is 4. The first-order chi connectivity index (χ1) is 10.7. The van der Waals surface area contributed by atoms with Crippen LogP contribution in [0.5, 0.6) is 0 Å². The van der Waals surface area contributed by atoms with Crippen LogP contribution in [0, 0.1) is 0 Å². The molecule has 2 fully saturated rings. The fourth-order valence-corrected chi connectivity index (χ4v) is 2.36. The molecule has 2 aliphatic rings. The van der Waals surface area contributed by atoms with Crippen molar-refractivity contribution in [3.05, 3.63) is 0 Å². The third kappa shape index (κ3) is 4.33. The van der Waals surface area contributed by atoms with Gasteiger partial charge in [-0.05, 0) is 33.6 Å². The van der Waals surface area contributed by atoms with Gasteiger partial charge in [-0.1, -0.05) is 0 Å². The molecule has 0 aromatic rings. The average Bonchev–Trinajstić information content (AvgIpc) is 2.98. The highest BCUT2D eigenvalue weighted by atomic mass is 16.7. The average molecular weight is 327 g/mol. The summed E-state index contributed by atoms with van der Waals surface area (Å²) in [7, 11) is 0. The number of hydrogen-bond donors (Lipinski definition) is 1. The van der Waals surface area contributed by atoms with Crippen LogP contribution in [-0.2, 0) is 19.2 Å². The predicted octanol–water partition coefficient (Wildman–Crippen LogP) is 1.13. The SMILES string of the molecule is CC(C)(C)OC(=O)N1CCC[C@@H]1NC(=O)ON1C(=O)CCC1=O. The van der Waals surface area contributed by atoms with E-state index in [-0.39, 0.29) is 12.8 Å². The normalized spacial score (nSPS) is 21.6. The van der Waals surface area contributed by atoms with Gasteiger partial charge in [-0.2, -0.15) is 0 Å². The van der Waals surface area contributed by atoms with Gasteiger partial charge in [0.15, 0.2) is 0 Å². The molecule has 1 atom stereocenters. The molecular formula is C14H21N3O6. The minimum atomic E-state index is -0.950. The van der Waals surface area contributed by atoms with Crippen LogP contribution in [0.25, 0.3) is 0 Å². The van der Waals surface area contributed by atoms with Crippen LogP contribution in [0.15, 0.2) is 0 Å². The fraction of sp³-hybridized carbons (Fsp3) is 0.714. The number of ether oxygens (including phenoxy) is 1. The summed E-state index contributed by atoms with van der Waals surface area (Å²) < 4.78 is 5.28. The third-order valence-corrected chi connectivity index (χ3v) is 3.35. The van der Waals surface area contributed by atoms with Crippen molar-refractivity contribution < 1.29 is 28.8 Å². The van der Waals surface area contributed by atoms with Gasteiger partial charge in [-0.25, -0.2) is 9.59 Å². The second kappa shape index (κ2) is 6.43. The van der Waals surface area contributed by atoms with E-state index in [2.05, 4.69) is 5.32 Å². The Hall–Kier alpha value is -2.32. The zero-order valence-corrected chi connectivity index (χ0v) is 13.5. The van der Waals surface area contributed by atoms with Crippen LogP contribution in [0.3, 0.4) is 0 Å². The van der Waals surface area contributed by atoms with E-state index in [1.807, 2.05) is 0 Å². The minimum absolute atomic E-state index is 0.0274. The molecule has 128 valence electrons. The van der Waals surface area contributed by atoms with Crippen LogP contribution in [0.4, 0.5) is 9.59 Å². The summed E-state index contributed by atoms with van der Waals surface area (Å²) in [6.07, 6.45) is -0.783. The Morgan fingerprint density at radius 1 is 1.17 bits per heavy atom. The van der Waals surface area contributed by atoms with E-state index in [1.54, 1.807) is 20.8 Å². The van der Waals surface area contributed by atoms with Crippen LogP contribution >= 0.6 is 0 Å². The molecule has 0 aromatic heterocycles. The largest absolute Gasteiger partial charge is 0.444 e. The molecule has 0 unspecified atom stereocenters. The van der Waals surface area contributed by atoms with Gasteiger partial charge in [0.25, 0.3) is 11.8 Å². The monoisotopic (exact) mass is 327 g/mol. The molecule has 0 radical (unpaired) electrons. The summed E-state index contributed by atoms with van der Waals surface area (Å²) in [5, 5.41) is 2.94. The molecule has 0 saturated carbocycles. The fourth-order valence-electron chi connectivity index (χ4n) is 2.36. The van der Waals surface area contributed by atoms with Gasteiger partial charge >= 0.3 is 12.2 Å². The number of nitrogens with one attached hydrogen (secondary N) is 1. The third-order valence-electron chi connectivity index (χ3n) is 3.35. The molecule has 0 aliphatic carbocycles. The predicted molar refractivity (Wildman–Crippen MR) is 76.7 cm³/mol. The Labute approximate surface area is 133 Å². The van der Waals surface area contributed by atoms with Crippen LogP contribution in [0.2, 0.25) is 0 Å². The molecule has 0 spiro atoms. The number of imide groups is 1. The molecule has 1 N–H and O–H groups in total. The summed E-state index contributed by atoms with van der Waals surface area (Å²) >= 11 is 0. The van der Waals surface area contributed by atoms with E-state index >= 15 is 0 Å². The number of rotatable bonds is 2. The molecule has 0 bridgehead atoms. The lowest BCUT2D eigenvalue weighted by Gasteiger charge is -2.28. The summed E-state index contributed by atoms with van der Waals surface area (Å²) in [6, 6.07) is 0. The lowest BCUT2D eigenvalue weighted by Crippen LogP contribution is -2.50. The van der Waals surface area contributed by atoms with Crippen molar-refractivity contribution in [1.29, 1.82) is 0 Å². The topological polar surface area (TPSA) is 105 Å². The summed E-state index contributed by atoms with van der Waals surface area (Å²) in [5.74, 6) is -1.11. The number of hydrogen-bond acceptors (Lipinski definition) is 6. The maximum absolute atomic E-state index is 12.1. The van der Waals surface area contributed by atoms with Gasteiger partial charge in [-0.15, -0.1) is 5.06 Å². The van der Waals surface area contributed by atoms with Crippen molar-refractivity contribution in [3.8, 4) is 0 Å². The van der Waals surface area contributed by atoms with Crippen LogP contribution in [-0.4, -0.2) is 52.3 Å². The number of nitrogens with zero attached hydrogens (tertiary/aromatic N) is 2. The Kier molecular flexibility index (Phi) is 4.76. The molecule has 2 heterocycles. The lowest BCUT2D eigenvalue weighted by molar-refractivity contribution is -0.171. The lowest BCUT2D eigenvalue weighted by atomic mass is 10.2. The van der Waals surface area contributed by atoms with Crippen LogP contribution < -0.4 is 5.32 Å². The van der Waals surface area contributed by atoms with Gasteiger partial charge in [0.2, 0.25) is 0 Å². The summed E-state index contributed by atoms with van der Waals surface area (Å²) in [5.41, 5.74) is -0.640. The van der Waals surface area contributed by atoms with Crippen molar-refractivity contribution in [2.75, 3.05) is 6.54 Å². The first-order valence-corrected chi connectivity index (χ1v) is 7.51. The number of carbonyl (C=O) groups is 4. The quantitative estimate of drug-likeness (QED) is 0.762. The maximum Gasteiger partial charge on any atom is 0.433 e. The van der Waals surface area contributed by atoms with Crippen molar-refractivity contribution in [2.45, 2.75) is 58.2 Å². The highest BCUT2D eigenvalue weighted by molar-refractivity contribution is 6.01. The molecule has 2 rings (SSSR count). The molecular weight excluding hydrogens is 306 g/mol. The van der Waals surface area contributed by atoms with Crippen LogP contribution in [0.1, 0.15) is 46.5 Å². The van der Waals surface area contributed by atoms with Gasteiger partial charge in [0, 0.05) is 19.4 Å².